The Morgan fingerprint density at radius 1 is 1.20 bits per heavy atom. The van der Waals surface area contributed by atoms with Crippen LogP contribution in [0.25, 0.3) is 21.6 Å². The van der Waals surface area contributed by atoms with Crippen molar-refractivity contribution in [3.05, 3.63) is 40.8 Å². The van der Waals surface area contributed by atoms with Gasteiger partial charge in [-0.25, -0.2) is 24.6 Å². The molecule has 20 heavy (non-hydrogen) atoms. The number of nitrogen functional groups attached to an aromatic ring is 1. The van der Waals surface area contributed by atoms with E-state index in [9.17, 15) is 8.78 Å². The van der Waals surface area contributed by atoms with E-state index in [1.807, 2.05) is 13.0 Å². The highest BCUT2D eigenvalue weighted by molar-refractivity contribution is 7.18. The van der Waals surface area contributed by atoms with Crippen molar-refractivity contribution in [1.29, 1.82) is 0 Å². The van der Waals surface area contributed by atoms with Crippen LogP contribution in [-0.4, -0.2) is 9.97 Å². The molecule has 0 aliphatic carbocycles. The lowest BCUT2D eigenvalue weighted by Gasteiger charge is -2.06. The Morgan fingerprint density at radius 3 is 2.70 bits per heavy atom. The van der Waals surface area contributed by atoms with Crippen molar-refractivity contribution < 1.29 is 8.78 Å². The standard InChI is InChI=1S/C13H10F2N4S/c1-6-4-9-12(19-16)17-11(18-13(9)20-6)8-3-2-7(14)5-10(8)15/h2-5H,16H2,1H3,(H,17,18,19). The van der Waals surface area contributed by atoms with E-state index in [4.69, 9.17) is 5.84 Å². The summed E-state index contributed by atoms with van der Waals surface area (Å²) in [6.45, 7) is 1.94. The molecule has 0 unspecified atom stereocenters. The quantitative estimate of drug-likeness (QED) is 0.562. The molecule has 0 aliphatic heterocycles. The van der Waals surface area contributed by atoms with Gasteiger partial charge in [-0.1, -0.05) is 0 Å². The molecule has 2 aromatic heterocycles. The van der Waals surface area contributed by atoms with Crippen LogP contribution in [0.2, 0.25) is 0 Å². The van der Waals surface area contributed by atoms with Crippen LogP contribution in [0, 0.1) is 18.6 Å². The lowest BCUT2D eigenvalue weighted by Crippen LogP contribution is -2.10. The number of halogens is 2. The Kier molecular flexibility index (Phi) is 3.07. The van der Waals surface area contributed by atoms with E-state index in [1.165, 1.54) is 23.5 Å². The molecule has 0 radical (unpaired) electrons. The summed E-state index contributed by atoms with van der Waals surface area (Å²) in [5.41, 5.74) is 2.62. The molecule has 0 aliphatic rings. The van der Waals surface area contributed by atoms with Gasteiger partial charge < -0.3 is 5.43 Å². The van der Waals surface area contributed by atoms with E-state index < -0.39 is 11.6 Å². The predicted molar refractivity (Wildman–Crippen MR) is 75.3 cm³/mol. The molecule has 102 valence electrons. The van der Waals surface area contributed by atoms with Crippen molar-refractivity contribution in [3.63, 3.8) is 0 Å². The number of aromatic nitrogens is 2. The minimum Gasteiger partial charge on any atom is -0.308 e. The van der Waals surface area contributed by atoms with Gasteiger partial charge in [-0.05, 0) is 25.1 Å². The molecule has 0 saturated heterocycles. The van der Waals surface area contributed by atoms with Crippen molar-refractivity contribution in [1.82, 2.24) is 9.97 Å². The highest BCUT2D eigenvalue weighted by Gasteiger charge is 2.14. The first kappa shape index (κ1) is 12.9. The molecule has 0 fully saturated rings. The van der Waals surface area contributed by atoms with Crippen LogP contribution in [-0.2, 0) is 0 Å². The number of rotatable bonds is 2. The molecule has 3 rings (SSSR count). The number of hydrazine groups is 1. The van der Waals surface area contributed by atoms with Crippen molar-refractivity contribution in [2.24, 2.45) is 5.84 Å². The van der Waals surface area contributed by atoms with E-state index in [-0.39, 0.29) is 11.4 Å². The van der Waals surface area contributed by atoms with Gasteiger partial charge in [-0.3, -0.25) is 0 Å². The zero-order valence-electron chi connectivity index (χ0n) is 10.4. The molecule has 4 nitrogen and oxygen atoms in total. The van der Waals surface area contributed by atoms with Crippen molar-refractivity contribution in [2.45, 2.75) is 6.92 Å². The zero-order valence-corrected chi connectivity index (χ0v) is 11.3. The normalized spacial score (nSPS) is 11.0. The van der Waals surface area contributed by atoms with Crippen LogP contribution in [0.4, 0.5) is 14.6 Å². The lowest BCUT2D eigenvalue weighted by molar-refractivity contribution is 0.585. The van der Waals surface area contributed by atoms with Crippen LogP contribution in [0.1, 0.15) is 4.88 Å². The van der Waals surface area contributed by atoms with Crippen molar-refractivity contribution >= 4 is 27.4 Å². The third-order valence-electron chi connectivity index (χ3n) is 2.82. The fourth-order valence-electron chi connectivity index (χ4n) is 1.94. The monoisotopic (exact) mass is 292 g/mol. The second-order valence-electron chi connectivity index (χ2n) is 4.24. The van der Waals surface area contributed by atoms with Crippen LogP contribution >= 0.6 is 11.3 Å². The summed E-state index contributed by atoms with van der Waals surface area (Å²) in [5, 5.41) is 0.779. The van der Waals surface area contributed by atoms with Gasteiger partial charge in [0.15, 0.2) is 11.6 Å². The number of anilines is 1. The van der Waals surface area contributed by atoms with Crippen LogP contribution in [0.15, 0.2) is 24.3 Å². The molecule has 0 bridgehead atoms. The first-order valence-corrected chi connectivity index (χ1v) is 6.60. The Bertz CT molecular complexity index is 800. The molecular weight excluding hydrogens is 282 g/mol. The summed E-state index contributed by atoms with van der Waals surface area (Å²) in [6, 6.07) is 5.19. The minimum atomic E-state index is -0.708. The largest absolute Gasteiger partial charge is 0.308 e. The molecule has 0 saturated carbocycles. The van der Waals surface area contributed by atoms with Gasteiger partial charge in [-0.2, -0.15) is 0 Å². The smallest absolute Gasteiger partial charge is 0.166 e. The third kappa shape index (κ3) is 2.10. The van der Waals surface area contributed by atoms with Crippen LogP contribution in [0.3, 0.4) is 0 Å². The first-order chi connectivity index (χ1) is 9.58. The zero-order chi connectivity index (χ0) is 14.3. The number of fused-ring (bicyclic) bond motifs is 1. The topological polar surface area (TPSA) is 63.8 Å². The summed E-state index contributed by atoms with van der Waals surface area (Å²) in [5.74, 6) is 4.68. The highest BCUT2D eigenvalue weighted by atomic mass is 32.1. The van der Waals surface area contributed by atoms with Gasteiger partial charge >= 0.3 is 0 Å². The summed E-state index contributed by atoms with van der Waals surface area (Å²) >= 11 is 1.46. The number of nitrogens with zero attached hydrogens (tertiary/aromatic N) is 2. The van der Waals surface area contributed by atoms with Crippen molar-refractivity contribution in [2.75, 3.05) is 5.43 Å². The minimum absolute atomic E-state index is 0.135. The number of thiophene rings is 1. The van der Waals surface area contributed by atoms with E-state index in [0.717, 1.165) is 16.3 Å². The summed E-state index contributed by atoms with van der Waals surface area (Å²) in [7, 11) is 0. The number of nitrogens with one attached hydrogen (secondary N) is 1. The summed E-state index contributed by atoms with van der Waals surface area (Å²) in [6.07, 6.45) is 0. The van der Waals surface area contributed by atoms with E-state index in [0.29, 0.717) is 10.6 Å². The number of nitrogens with two attached hydrogens (primary N) is 1. The first-order valence-electron chi connectivity index (χ1n) is 5.78. The van der Waals surface area contributed by atoms with Crippen molar-refractivity contribution in [3.8, 4) is 11.4 Å². The van der Waals surface area contributed by atoms with Gasteiger partial charge in [0, 0.05) is 10.9 Å². The number of hydrogen-bond acceptors (Lipinski definition) is 5. The summed E-state index contributed by atoms with van der Waals surface area (Å²) in [4.78, 5) is 10.2. The van der Waals surface area contributed by atoms with E-state index in [2.05, 4.69) is 15.4 Å². The Labute approximate surface area is 117 Å². The molecule has 1 aromatic carbocycles. The molecule has 0 spiro atoms. The SMILES string of the molecule is Cc1cc2c(NN)nc(-c3ccc(F)cc3F)nc2s1. The maximum Gasteiger partial charge on any atom is 0.166 e. The molecule has 7 heteroatoms. The number of aryl methyl sites for hydroxylation is 1. The Morgan fingerprint density at radius 2 is 2.00 bits per heavy atom. The fourth-order valence-corrected chi connectivity index (χ4v) is 2.82. The van der Waals surface area contributed by atoms with Gasteiger partial charge in [-0.15, -0.1) is 11.3 Å². The van der Waals surface area contributed by atoms with Crippen LogP contribution in [0.5, 0.6) is 0 Å². The maximum atomic E-state index is 13.8. The fraction of sp³-hybridized carbons (Fsp3) is 0.0769. The Balaban J connectivity index is 2.25. The summed E-state index contributed by atoms with van der Waals surface area (Å²) < 4.78 is 26.8. The van der Waals surface area contributed by atoms with E-state index >= 15 is 0 Å². The van der Waals surface area contributed by atoms with Gasteiger partial charge in [0.1, 0.15) is 16.5 Å². The third-order valence-corrected chi connectivity index (χ3v) is 3.77. The van der Waals surface area contributed by atoms with Gasteiger partial charge in [0.2, 0.25) is 0 Å². The molecule has 3 N–H and O–H groups in total. The average molecular weight is 292 g/mol. The van der Waals surface area contributed by atoms with E-state index in [1.54, 1.807) is 0 Å². The predicted octanol–water partition coefficient (Wildman–Crippen LogP) is 3.23. The van der Waals surface area contributed by atoms with Gasteiger partial charge in [0.05, 0.1) is 10.9 Å². The molecule has 0 atom stereocenters. The number of hydrogen-bond donors (Lipinski definition) is 2. The van der Waals surface area contributed by atoms with Crippen LogP contribution < -0.4 is 11.3 Å². The average Bonchev–Trinajstić information content (AvgIpc) is 2.77. The second-order valence-corrected chi connectivity index (χ2v) is 5.47. The maximum absolute atomic E-state index is 13.8. The molecule has 2 heterocycles. The Hall–Kier alpha value is -2.12. The highest BCUT2D eigenvalue weighted by Crippen LogP contribution is 2.31. The second kappa shape index (κ2) is 4.77. The molecule has 0 amide bonds. The molecular formula is C13H10F2N4S. The van der Waals surface area contributed by atoms with Gasteiger partial charge in [0.25, 0.3) is 0 Å². The number of benzene rings is 1. The molecule has 3 aromatic rings. The lowest BCUT2D eigenvalue weighted by atomic mass is 10.2.